The Bertz CT molecular complexity index is 1210. The lowest BCUT2D eigenvalue weighted by molar-refractivity contribution is 0.0342. The summed E-state index contributed by atoms with van der Waals surface area (Å²) in [5.74, 6) is -0.220. The van der Waals surface area contributed by atoms with Gasteiger partial charge in [-0.3, -0.25) is 14.5 Å². The van der Waals surface area contributed by atoms with Gasteiger partial charge in [-0.05, 0) is 66.1 Å². The van der Waals surface area contributed by atoms with E-state index in [2.05, 4.69) is 10.2 Å². The van der Waals surface area contributed by atoms with Crippen LogP contribution in [0.25, 0.3) is 0 Å². The molecule has 2 heterocycles. The molecule has 7 nitrogen and oxygen atoms in total. The van der Waals surface area contributed by atoms with Gasteiger partial charge < -0.3 is 20.9 Å². The van der Waals surface area contributed by atoms with Crippen molar-refractivity contribution >= 4 is 28.2 Å². The first-order chi connectivity index (χ1) is 17.0. The Morgan fingerprint density at radius 1 is 1.09 bits per heavy atom. The summed E-state index contributed by atoms with van der Waals surface area (Å²) in [6.07, 6.45) is 2.38. The van der Waals surface area contributed by atoms with Gasteiger partial charge in [0.1, 0.15) is 10.8 Å². The monoisotopic (exact) mass is 491 g/mol. The fourth-order valence-corrected chi connectivity index (χ4v) is 6.25. The Hall–Kier alpha value is -3.20. The summed E-state index contributed by atoms with van der Waals surface area (Å²) in [6, 6.07) is 14.9. The second kappa shape index (κ2) is 10.2. The summed E-state index contributed by atoms with van der Waals surface area (Å²) in [7, 11) is 0. The van der Waals surface area contributed by atoms with Crippen LogP contribution in [-0.2, 0) is 24.1 Å². The molecule has 182 valence electrons. The molecule has 2 aliphatic rings. The average molecular weight is 492 g/mol. The number of morpholine rings is 1. The van der Waals surface area contributed by atoms with Crippen LogP contribution in [0.3, 0.4) is 0 Å². The molecule has 3 aromatic rings. The number of primary amides is 1. The van der Waals surface area contributed by atoms with Gasteiger partial charge in [-0.2, -0.15) is 0 Å². The Balaban J connectivity index is 1.30. The van der Waals surface area contributed by atoms with Gasteiger partial charge in [0.15, 0.2) is 0 Å². The molecular weight excluding hydrogens is 462 g/mol. The van der Waals surface area contributed by atoms with Crippen molar-refractivity contribution in [2.45, 2.75) is 31.7 Å². The summed E-state index contributed by atoms with van der Waals surface area (Å²) < 4.78 is 5.40. The zero-order valence-corrected chi connectivity index (χ0v) is 20.3. The number of phenolic OH excluding ortho intramolecular Hbond substituents is 1. The van der Waals surface area contributed by atoms with E-state index in [-0.39, 0.29) is 11.7 Å². The van der Waals surface area contributed by atoms with Crippen molar-refractivity contribution in [2.24, 2.45) is 5.73 Å². The minimum atomic E-state index is -0.512. The third-order valence-corrected chi connectivity index (χ3v) is 8.00. The van der Waals surface area contributed by atoms with E-state index >= 15 is 0 Å². The van der Waals surface area contributed by atoms with E-state index < -0.39 is 5.91 Å². The maximum Gasteiger partial charge on any atom is 0.256 e. The SMILES string of the molecule is NC(=O)c1c(NC(=O)c2ccc(CN3CCOCC3)cc2)sc2c1CCC(c1ccc(O)cc1)C2. The largest absolute Gasteiger partial charge is 0.508 e. The molecule has 5 rings (SSSR count). The van der Waals surface area contributed by atoms with Crippen LogP contribution in [0.4, 0.5) is 5.00 Å². The van der Waals surface area contributed by atoms with E-state index in [0.29, 0.717) is 22.0 Å². The number of rotatable bonds is 6. The summed E-state index contributed by atoms with van der Waals surface area (Å²) in [6.45, 7) is 4.16. The average Bonchev–Trinajstić information content (AvgIpc) is 3.23. The molecule has 1 fully saturated rings. The van der Waals surface area contributed by atoms with Crippen LogP contribution in [0.5, 0.6) is 5.75 Å². The molecule has 8 heteroatoms. The first-order valence-electron chi connectivity index (χ1n) is 11.9. The van der Waals surface area contributed by atoms with Gasteiger partial charge in [-0.25, -0.2) is 0 Å². The molecule has 0 bridgehead atoms. The minimum Gasteiger partial charge on any atom is -0.508 e. The topological polar surface area (TPSA) is 105 Å². The molecule has 1 aliphatic heterocycles. The lowest BCUT2D eigenvalue weighted by atomic mass is 9.83. The van der Waals surface area contributed by atoms with E-state index in [9.17, 15) is 14.7 Å². The first kappa shape index (κ1) is 23.5. The van der Waals surface area contributed by atoms with Crippen LogP contribution < -0.4 is 11.1 Å². The quantitative estimate of drug-likeness (QED) is 0.485. The van der Waals surface area contributed by atoms with Gasteiger partial charge in [0.25, 0.3) is 11.8 Å². The molecule has 1 aromatic heterocycles. The van der Waals surface area contributed by atoms with Crippen LogP contribution in [0.15, 0.2) is 48.5 Å². The van der Waals surface area contributed by atoms with Gasteiger partial charge in [0, 0.05) is 30.1 Å². The van der Waals surface area contributed by atoms with Crippen molar-refractivity contribution in [3.63, 3.8) is 0 Å². The van der Waals surface area contributed by atoms with Gasteiger partial charge >= 0.3 is 0 Å². The highest BCUT2D eigenvalue weighted by Crippen LogP contribution is 2.42. The Kier molecular flexibility index (Phi) is 6.86. The third kappa shape index (κ3) is 5.24. The lowest BCUT2D eigenvalue weighted by Crippen LogP contribution is -2.35. The normalized spacial score (nSPS) is 18.1. The van der Waals surface area contributed by atoms with Crippen molar-refractivity contribution in [1.29, 1.82) is 0 Å². The van der Waals surface area contributed by atoms with Crippen molar-refractivity contribution in [3.05, 3.63) is 81.2 Å². The molecule has 1 atom stereocenters. The number of carbonyl (C=O) groups is 2. The highest BCUT2D eigenvalue weighted by atomic mass is 32.1. The number of carbonyl (C=O) groups excluding carboxylic acids is 2. The second-order valence-corrected chi connectivity index (χ2v) is 10.2. The summed E-state index contributed by atoms with van der Waals surface area (Å²) >= 11 is 1.44. The van der Waals surface area contributed by atoms with Crippen molar-refractivity contribution in [1.82, 2.24) is 4.90 Å². The van der Waals surface area contributed by atoms with E-state index in [1.807, 2.05) is 36.4 Å². The van der Waals surface area contributed by atoms with Crippen molar-refractivity contribution < 1.29 is 19.4 Å². The zero-order chi connectivity index (χ0) is 24.4. The number of ether oxygens (including phenoxy) is 1. The Labute approximate surface area is 208 Å². The number of amides is 2. The summed E-state index contributed by atoms with van der Waals surface area (Å²) in [5.41, 5.74) is 9.98. The molecule has 0 spiro atoms. The molecule has 1 unspecified atom stereocenters. The van der Waals surface area contributed by atoms with Gasteiger partial charge in [0.05, 0.1) is 18.8 Å². The fourth-order valence-electron chi connectivity index (χ4n) is 4.92. The van der Waals surface area contributed by atoms with Gasteiger partial charge in [-0.15, -0.1) is 11.3 Å². The number of benzene rings is 2. The molecule has 1 saturated heterocycles. The van der Waals surface area contributed by atoms with Crippen molar-refractivity contribution in [3.8, 4) is 5.75 Å². The summed E-state index contributed by atoms with van der Waals surface area (Å²) in [5, 5.41) is 13.1. The molecule has 2 aromatic carbocycles. The number of nitrogens with two attached hydrogens (primary N) is 1. The van der Waals surface area contributed by atoms with Crippen molar-refractivity contribution in [2.75, 3.05) is 31.6 Å². The van der Waals surface area contributed by atoms with E-state index in [4.69, 9.17) is 10.5 Å². The van der Waals surface area contributed by atoms with Crippen LogP contribution in [0, 0.1) is 0 Å². The molecule has 4 N–H and O–H groups in total. The highest BCUT2D eigenvalue weighted by molar-refractivity contribution is 7.17. The number of anilines is 1. The third-order valence-electron chi connectivity index (χ3n) is 6.83. The summed E-state index contributed by atoms with van der Waals surface area (Å²) in [4.78, 5) is 28.8. The Morgan fingerprint density at radius 3 is 2.49 bits per heavy atom. The van der Waals surface area contributed by atoms with Crippen LogP contribution >= 0.6 is 11.3 Å². The molecular formula is C27H29N3O4S. The first-order valence-corrected chi connectivity index (χ1v) is 12.7. The predicted molar refractivity (Wildman–Crippen MR) is 136 cm³/mol. The minimum absolute atomic E-state index is 0.247. The maximum absolute atomic E-state index is 13.0. The highest BCUT2D eigenvalue weighted by Gasteiger charge is 2.29. The van der Waals surface area contributed by atoms with Gasteiger partial charge in [-0.1, -0.05) is 24.3 Å². The molecule has 0 saturated carbocycles. The number of fused-ring (bicyclic) bond motifs is 1. The smallest absolute Gasteiger partial charge is 0.256 e. The standard InChI is InChI=1S/C27H29N3O4S/c28-25(32)24-22-10-7-20(18-5-8-21(31)9-6-18)15-23(22)35-27(24)29-26(33)19-3-1-17(2-4-19)16-30-11-13-34-14-12-30/h1-6,8-9,20,31H,7,10-16H2,(H2,28,32)(H,29,33). The molecule has 1 aliphatic carbocycles. The fraction of sp³-hybridized carbons (Fsp3) is 0.333. The zero-order valence-electron chi connectivity index (χ0n) is 19.5. The van der Waals surface area contributed by atoms with Gasteiger partial charge in [0.2, 0.25) is 0 Å². The number of thiophene rings is 1. The van der Waals surface area contributed by atoms with E-state index in [1.54, 1.807) is 12.1 Å². The number of phenols is 1. The molecule has 0 radical (unpaired) electrons. The van der Waals surface area contributed by atoms with E-state index in [0.717, 1.165) is 73.7 Å². The number of hydrogen-bond donors (Lipinski definition) is 3. The Morgan fingerprint density at radius 2 is 1.80 bits per heavy atom. The second-order valence-electron chi connectivity index (χ2n) is 9.14. The number of nitrogens with one attached hydrogen (secondary N) is 1. The molecule has 2 amide bonds. The molecule has 35 heavy (non-hydrogen) atoms. The van der Waals surface area contributed by atoms with Crippen LogP contribution in [0.1, 0.15) is 54.6 Å². The van der Waals surface area contributed by atoms with Crippen LogP contribution in [-0.4, -0.2) is 48.1 Å². The van der Waals surface area contributed by atoms with E-state index in [1.165, 1.54) is 11.3 Å². The number of aromatic hydroxyl groups is 1. The predicted octanol–water partition coefficient (Wildman–Crippen LogP) is 3.91. The number of nitrogens with zero attached hydrogens (tertiary/aromatic N) is 1. The van der Waals surface area contributed by atoms with Crippen LogP contribution in [0.2, 0.25) is 0 Å². The maximum atomic E-state index is 13.0. The number of hydrogen-bond acceptors (Lipinski definition) is 6. The lowest BCUT2D eigenvalue weighted by Gasteiger charge is -2.26.